The molecule has 0 amide bonds. The van der Waals surface area contributed by atoms with Crippen molar-refractivity contribution in [3.63, 3.8) is 0 Å². The van der Waals surface area contributed by atoms with Crippen molar-refractivity contribution in [2.75, 3.05) is 12.3 Å². The molecule has 2 aromatic heterocycles. The van der Waals surface area contributed by atoms with Crippen LogP contribution in [0.25, 0.3) is 11.2 Å². The minimum atomic E-state index is -2.75. The molecule has 4 atom stereocenters. The van der Waals surface area contributed by atoms with Gasteiger partial charge in [0.1, 0.15) is 32.9 Å². The molecule has 2 aromatic rings. The summed E-state index contributed by atoms with van der Waals surface area (Å²) in [6.45, 7) is -2.75. The molecule has 19 heavy (non-hydrogen) atoms. The Morgan fingerprint density at radius 3 is 3.26 bits per heavy atom. The van der Waals surface area contributed by atoms with Crippen molar-refractivity contribution in [2.45, 2.75) is 24.5 Å². The number of imidazole rings is 1. The van der Waals surface area contributed by atoms with Crippen molar-refractivity contribution in [1.29, 1.82) is 4.29 Å². The number of aromatic nitrogens is 4. The van der Waals surface area contributed by atoms with E-state index in [9.17, 15) is 0 Å². The lowest BCUT2D eigenvalue weighted by molar-refractivity contribution is -0.0511. The highest BCUT2D eigenvalue weighted by Gasteiger charge is 2.43. The first-order valence-electron chi connectivity index (χ1n) is 9.33. The van der Waals surface area contributed by atoms with Gasteiger partial charge in [-0.05, 0) is 0 Å². The second-order valence-corrected chi connectivity index (χ2v) is 3.90. The highest BCUT2D eigenvalue weighted by atomic mass is 16.6. The van der Waals surface area contributed by atoms with Gasteiger partial charge in [-0.1, -0.05) is 0 Å². The normalized spacial score (nSPS) is 38.2. The summed E-state index contributed by atoms with van der Waals surface area (Å²) in [4.78, 5) is 11.2. The minimum absolute atomic E-state index is 0.0812. The van der Waals surface area contributed by atoms with Crippen LogP contribution in [0.15, 0.2) is 12.6 Å². The fourth-order valence-corrected chi connectivity index (χ4v) is 1.86. The standard InChI is InChI=1S/C10H13N5O4/c11-8-5-9(13-2-12-8)15(3-14-5)10-7(18)6(17)4(1-16)19-10/h2-4,6-7,10,16-18H,1H2,(H2,11,12,13)/t4-,6+,7?,10-/m1/s1/i1D2,2D,3D,16D,17D,18D/hD2. The average Bonchev–Trinajstić information content (AvgIpc) is 3.17. The van der Waals surface area contributed by atoms with Gasteiger partial charge in [0, 0.05) is 0 Å². The topological polar surface area (TPSA) is 140 Å². The van der Waals surface area contributed by atoms with Crippen molar-refractivity contribution >= 4 is 17.0 Å². The highest BCUT2D eigenvalue weighted by molar-refractivity contribution is 5.81. The number of rotatable bonds is 6. The third-order valence-electron chi connectivity index (χ3n) is 2.79. The molecule has 0 aliphatic carbocycles. The molecular formula is C10H13N5O4. The van der Waals surface area contributed by atoms with Crippen molar-refractivity contribution in [3.05, 3.63) is 12.6 Å². The minimum Gasteiger partial charge on any atom is -0.394 e. The first-order valence-corrected chi connectivity index (χ1v) is 5.21. The van der Waals surface area contributed by atoms with Gasteiger partial charge >= 0.3 is 0 Å². The van der Waals surface area contributed by atoms with Gasteiger partial charge in [0.15, 0.2) is 20.5 Å². The zero-order valence-corrected chi connectivity index (χ0v) is 9.18. The Hall–Kier alpha value is -1.81. The summed E-state index contributed by atoms with van der Waals surface area (Å²) in [6, 6.07) is 0. The van der Waals surface area contributed by atoms with Crippen LogP contribution in [0.3, 0.4) is 0 Å². The largest absolute Gasteiger partial charge is 0.394 e. The predicted molar refractivity (Wildman–Crippen MR) is 62.7 cm³/mol. The van der Waals surface area contributed by atoms with E-state index in [-0.39, 0.29) is 16.9 Å². The van der Waals surface area contributed by atoms with Crippen LogP contribution in [0.1, 0.15) is 11.7 Å². The molecule has 1 aliphatic heterocycles. The molecule has 9 nitrogen and oxygen atoms in total. The summed E-state index contributed by atoms with van der Waals surface area (Å²) in [6.07, 6.45) is -7.30. The number of aliphatic hydroxyl groups is 3. The first-order chi connectivity index (χ1) is 13.2. The molecule has 9 heteroatoms. The smallest absolute Gasteiger partial charge is 0.211 e. The highest BCUT2D eigenvalue weighted by Crippen LogP contribution is 2.31. The Labute approximate surface area is 120 Å². The molecule has 1 unspecified atom stereocenters. The van der Waals surface area contributed by atoms with Gasteiger partial charge in [0.25, 0.3) is 0 Å². The van der Waals surface area contributed by atoms with Crippen LogP contribution in [-0.4, -0.2) is 64.0 Å². The lowest BCUT2D eigenvalue weighted by atomic mass is 10.1. The molecule has 3 heterocycles. The SMILES string of the molecule is [2H]OC1[C@@H](O[2H])[C@@H](C([2H])([2H])O[2H])O[C@H]1n1c([2H])nc2c(N([2H])[2H])nc([2H])nc21. The molecule has 3 rings (SSSR count). The summed E-state index contributed by atoms with van der Waals surface area (Å²) in [5.41, 5.74) is -0.323. The number of hydrogen-bond donors (Lipinski definition) is 4. The molecule has 0 bridgehead atoms. The Morgan fingerprint density at radius 2 is 2.47 bits per heavy atom. The second kappa shape index (κ2) is 4.38. The number of nitrogen functional groups attached to an aromatic ring is 1. The van der Waals surface area contributed by atoms with Crippen LogP contribution in [0.4, 0.5) is 5.82 Å². The monoisotopic (exact) mass is 276 g/mol. The predicted octanol–water partition coefficient (Wildman–Crippen LogP) is -1.98. The molecule has 0 radical (unpaired) electrons. The Morgan fingerprint density at radius 1 is 1.53 bits per heavy atom. The molecule has 1 saturated heterocycles. The molecule has 0 spiro atoms. The number of anilines is 1. The van der Waals surface area contributed by atoms with Crippen LogP contribution in [0.2, 0.25) is 2.82 Å². The number of hydrogen-bond acceptors (Lipinski definition) is 8. The van der Waals surface area contributed by atoms with E-state index >= 15 is 0 Å². The van der Waals surface area contributed by atoms with Gasteiger partial charge in [-0.3, -0.25) is 4.57 Å². The molecule has 0 aromatic carbocycles. The van der Waals surface area contributed by atoms with Crippen LogP contribution < -0.4 is 5.72 Å². The maximum Gasteiger partial charge on any atom is 0.211 e. The van der Waals surface area contributed by atoms with E-state index in [0.29, 0.717) is 0 Å². The van der Waals surface area contributed by atoms with E-state index in [0.717, 1.165) is 4.57 Å². The maximum atomic E-state index is 8.06. The number of nitrogens with zero attached hydrogens (tertiary/aromatic N) is 4. The summed E-state index contributed by atoms with van der Waals surface area (Å²) < 4.78 is 73.5. The van der Waals surface area contributed by atoms with Crippen LogP contribution in [0.5, 0.6) is 0 Å². The Bertz CT molecular complexity index is 869. The Kier molecular flexibility index (Phi) is 1.31. The van der Waals surface area contributed by atoms with Crippen LogP contribution in [-0.2, 0) is 4.74 Å². The van der Waals surface area contributed by atoms with Gasteiger partial charge < -0.3 is 25.8 Å². The average molecular weight is 276 g/mol. The lowest BCUT2D eigenvalue weighted by Gasteiger charge is -2.16. The van der Waals surface area contributed by atoms with Crippen molar-refractivity contribution in [2.24, 2.45) is 0 Å². The Balaban J connectivity index is 2.17. The molecule has 1 aliphatic rings. The van der Waals surface area contributed by atoms with Gasteiger partial charge in [-0.2, -0.15) is 0 Å². The zero-order valence-electron chi connectivity index (χ0n) is 18.2. The summed E-state index contributed by atoms with van der Waals surface area (Å²) in [5, 5.41) is 12.9. The first kappa shape index (κ1) is 5.67. The third-order valence-corrected chi connectivity index (χ3v) is 2.79. The van der Waals surface area contributed by atoms with Crippen molar-refractivity contribution in [1.82, 2.24) is 19.5 Å². The van der Waals surface area contributed by atoms with Crippen LogP contribution >= 0.6 is 0 Å². The fraction of sp³-hybridized carbons (Fsp3) is 0.500. The van der Waals surface area contributed by atoms with Gasteiger partial charge in [0.05, 0.1) is 15.6 Å². The number of fused-ring (bicyclic) bond motifs is 1. The zero-order chi connectivity index (χ0) is 20.8. The van der Waals surface area contributed by atoms with E-state index in [1.807, 2.05) is 0 Å². The van der Waals surface area contributed by atoms with Crippen molar-refractivity contribution < 1.29 is 28.4 Å². The van der Waals surface area contributed by atoms with E-state index in [4.69, 9.17) is 17.3 Å². The van der Waals surface area contributed by atoms with Crippen molar-refractivity contribution in [3.8, 4) is 0 Å². The molecular weight excluding hydrogens is 254 g/mol. The van der Waals surface area contributed by atoms with Gasteiger partial charge in [-0.25, -0.2) is 15.0 Å². The lowest BCUT2D eigenvalue weighted by Crippen LogP contribution is -2.33. The summed E-state index contributed by atoms with van der Waals surface area (Å²) in [5.74, 6) is -0.391. The summed E-state index contributed by atoms with van der Waals surface area (Å²) >= 11 is 0. The fourth-order valence-electron chi connectivity index (χ4n) is 1.86. The van der Waals surface area contributed by atoms with E-state index in [1.54, 1.807) is 0 Å². The quantitative estimate of drug-likeness (QED) is 0.476. The van der Waals surface area contributed by atoms with Crippen LogP contribution in [0, 0.1) is 0 Å². The molecule has 1 fully saturated rings. The van der Waals surface area contributed by atoms with E-state index in [2.05, 4.69) is 30.3 Å². The molecule has 0 saturated carbocycles. The number of nitrogens with two attached hydrogens (primary N) is 1. The van der Waals surface area contributed by atoms with Gasteiger partial charge in [0.2, 0.25) is 4.29 Å². The summed E-state index contributed by atoms with van der Waals surface area (Å²) in [7, 11) is 0. The van der Waals surface area contributed by atoms with Gasteiger partial charge in [-0.15, -0.1) is 0 Å². The number of ether oxygens (including phenoxy) is 1. The number of aliphatic hydroxyl groups excluding tert-OH is 2. The second-order valence-electron chi connectivity index (χ2n) is 3.90. The third kappa shape index (κ3) is 1.75. The van der Waals surface area contributed by atoms with E-state index < -0.39 is 49.5 Å². The molecule has 5 N–H and O–H groups in total. The molecule has 102 valence electrons. The maximum absolute atomic E-state index is 8.06. The van der Waals surface area contributed by atoms with E-state index in [1.165, 1.54) is 0 Å².